The van der Waals surface area contributed by atoms with Crippen molar-refractivity contribution in [3.8, 4) is 0 Å². The third-order valence-corrected chi connectivity index (χ3v) is 4.91. The van der Waals surface area contributed by atoms with Crippen molar-refractivity contribution in [1.82, 2.24) is 15.5 Å². The number of unbranched alkanes of at least 4 members (excludes halogenated alkanes) is 1. The Labute approximate surface area is 193 Å². The molecule has 1 unspecified atom stereocenters. The molecular weight excluding hydrogens is 483 g/mol. The van der Waals surface area contributed by atoms with Gasteiger partial charge in [-0.05, 0) is 57.8 Å². The molecular formula is C21H39IN4O3. The molecule has 1 aromatic heterocycles. The van der Waals surface area contributed by atoms with Gasteiger partial charge in [-0.15, -0.1) is 24.0 Å². The largest absolute Gasteiger partial charge is 0.468 e. The van der Waals surface area contributed by atoms with Crippen LogP contribution in [0, 0.1) is 0 Å². The van der Waals surface area contributed by atoms with Gasteiger partial charge in [-0.25, -0.2) is 0 Å². The Morgan fingerprint density at radius 3 is 2.69 bits per heavy atom. The van der Waals surface area contributed by atoms with Crippen molar-refractivity contribution in [3.05, 3.63) is 24.2 Å². The van der Waals surface area contributed by atoms with E-state index in [1.54, 1.807) is 13.4 Å². The number of nitrogens with zero attached hydrogens (tertiary/aromatic N) is 2. The van der Waals surface area contributed by atoms with E-state index in [-0.39, 0.29) is 30.0 Å². The fourth-order valence-corrected chi connectivity index (χ4v) is 3.40. The average Bonchev–Trinajstić information content (AvgIpc) is 3.25. The first-order chi connectivity index (χ1) is 13.8. The van der Waals surface area contributed by atoms with Gasteiger partial charge in [-0.3, -0.25) is 9.89 Å². The van der Waals surface area contributed by atoms with Gasteiger partial charge in [0.1, 0.15) is 5.76 Å². The molecule has 0 aliphatic carbocycles. The normalized spacial score (nSPS) is 16.3. The third kappa shape index (κ3) is 10.7. The van der Waals surface area contributed by atoms with Crippen molar-refractivity contribution in [3.63, 3.8) is 0 Å². The summed E-state index contributed by atoms with van der Waals surface area (Å²) in [5.74, 6) is 1.88. The lowest BCUT2D eigenvalue weighted by Gasteiger charge is -2.32. The minimum atomic E-state index is 0. The van der Waals surface area contributed by atoms with Crippen molar-refractivity contribution in [2.45, 2.75) is 45.1 Å². The summed E-state index contributed by atoms with van der Waals surface area (Å²) in [6.07, 6.45) is 7.67. The van der Waals surface area contributed by atoms with Crippen molar-refractivity contribution in [1.29, 1.82) is 0 Å². The zero-order chi connectivity index (χ0) is 19.9. The molecule has 2 rings (SSSR count). The monoisotopic (exact) mass is 522 g/mol. The predicted octanol–water partition coefficient (Wildman–Crippen LogP) is 3.42. The Bertz CT molecular complexity index is 522. The summed E-state index contributed by atoms with van der Waals surface area (Å²) in [7, 11) is 1.69. The number of furan rings is 1. The van der Waals surface area contributed by atoms with Gasteiger partial charge in [-0.2, -0.15) is 0 Å². The number of guanidine groups is 1. The Morgan fingerprint density at radius 2 is 2.00 bits per heavy atom. The molecule has 7 nitrogen and oxygen atoms in total. The lowest BCUT2D eigenvalue weighted by molar-refractivity contribution is 0.0689. The lowest BCUT2D eigenvalue weighted by atomic mass is 10.1. The van der Waals surface area contributed by atoms with Crippen molar-refractivity contribution in [2.24, 2.45) is 4.99 Å². The Morgan fingerprint density at radius 1 is 1.17 bits per heavy atom. The SMILES string of the molecule is CCNC(=NCC(c1ccco1)N1CCCCC1)NCCCCOCCOC.I. The fraction of sp³-hybridized carbons (Fsp3) is 0.762. The molecule has 1 atom stereocenters. The highest BCUT2D eigenvalue weighted by atomic mass is 127. The van der Waals surface area contributed by atoms with Crippen LogP contribution in [-0.2, 0) is 9.47 Å². The Hall–Kier alpha value is -0.840. The van der Waals surface area contributed by atoms with Gasteiger partial charge < -0.3 is 24.5 Å². The number of hydrogen-bond donors (Lipinski definition) is 2. The van der Waals surface area contributed by atoms with Gasteiger partial charge in [0.05, 0.1) is 32.1 Å². The summed E-state index contributed by atoms with van der Waals surface area (Å²) >= 11 is 0. The maximum atomic E-state index is 5.72. The maximum absolute atomic E-state index is 5.72. The zero-order valence-corrected chi connectivity index (χ0v) is 20.4. The number of halogens is 1. The standard InChI is InChI=1S/C21H38N4O3.HI/c1-3-22-21(23-11-5-8-14-27-17-16-26-2)24-18-19(20-10-9-15-28-20)25-12-6-4-7-13-25;/h9-10,15,19H,3-8,11-14,16-18H2,1-2H3,(H2,22,23,24);1H. The minimum Gasteiger partial charge on any atom is -0.468 e. The van der Waals surface area contributed by atoms with Gasteiger partial charge >= 0.3 is 0 Å². The van der Waals surface area contributed by atoms with Gasteiger partial charge in [0.25, 0.3) is 0 Å². The van der Waals surface area contributed by atoms with Crippen LogP contribution in [0.1, 0.15) is 50.8 Å². The molecule has 2 N–H and O–H groups in total. The van der Waals surface area contributed by atoms with Crippen LogP contribution in [0.15, 0.2) is 27.8 Å². The van der Waals surface area contributed by atoms with E-state index in [2.05, 4.69) is 28.5 Å². The molecule has 0 bridgehead atoms. The quantitative estimate of drug-likeness (QED) is 0.179. The number of piperidine rings is 1. The van der Waals surface area contributed by atoms with Gasteiger partial charge in [0, 0.05) is 26.8 Å². The number of ether oxygens (including phenoxy) is 2. The molecule has 0 aromatic carbocycles. The Balaban J connectivity index is 0.00000420. The van der Waals surface area contributed by atoms with E-state index in [4.69, 9.17) is 18.9 Å². The molecule has 1 aromatic rings. The highest BCUT2D eigenvalue weighted by Gasteiger charge is 2.24. The number of likely N-dealkylation sites (tertiary alicyclic amines) is 1. The summed E-state index contributed by atoms with van der Waals surface area (Å²) in [6, 6.07) is 4.24. The fourth-order valence-electron chi connectivity index (χ4n) is 3.40. The zero-order valence-electron chi connectivity index (χ0n) is 18.0. The van der Waals surface area contributed by atoms with Crippen LogP contribution in [0.4, 0.5) is 0 Å². The first kappa shape index (κ1) is 26.2. The molecule has 2 heterocycles. The van der Waals surface area contributed by atoms with Gasteiger partial charge in [0.15, 0.2) is 5.96 Å². The van der Waals surface area contributed by atoms with Crippen molar-refractivity contribution >= 4 is 29.9 Å². The lowest BCUT2D eigenvalue weighted by Crippen LogP contribution is -2.39. The molecule has 1 fully saturated rings. The molecule has 29 heavy (non-hydrogen) atoms. The summed E-state index contributed by atoms with van der Waals surface area (Å²) in [6.45, 7) is 8.85. The van der Waals surface area contributed by atoms with Crippen LogP contribution in [0.2, 0.25) is 0 Å². The Kier molecular flexibility index (Phi) is 15.3. The van der Waals surface area contributed by atoms with Crippen LogP contribution in [0.5, 0.6) is 0 Å². The van der Waals surface area contributed by atoms with Crippen LogP contribution < -0.4 is 10.6 Å². The summed E-state index contributed by atoms with van der Waals surface area (Å²) in [4.78, 5) is 7.35. The van der Waals surface area contributed by atoms with E-state index in [1.165, 1.54) is 19.3 Å². The molecule has 168 valence electrons. The molecule has 1 aliphatic heterocycles. The first-order valence-electron chi connectivity index (χ1n) is 10.7. The van der Waals surface area contributed by atoms with Crippen molar-refractivity contribution < 1.29 is 13.9 Å². The second-order valence-electron chi connectivity index (χ2n) is 7.09. The van der Waals surface area contributed by atoms with E-state index >= 15 is 0 Å². The van der Waals surface area contributed by atoms with E-state index in [1.807, 2.05) is 6.07 Å². The number of rotatable bonds is 13. The topological polar surface area (TPSA) is 71.3 Å². The summed E-state index contributed by atoms with van der Waals surface area (Å²) in [5.41, 5.74) is 0. The second-order valence-corrected chi connectivity index (χ2v) is 7.09. The van der Waals surface area contributed by atoms with E-state index < -0.39 is 0 Å². The molecule has 8 heteroatoms. The number of aliphatic imine (C=N–C) groups is 1. The van der Waals surface area contributed by atoms with E-state index in [9.17, 15) is 0 Å². The first-order valence-corrected chi connectivity index (χ1v) is 10.7. The van der Waals surface area contributed by atoms with Crippen LogP contribution >= 0.6 is 24.0 Å². The van der Waals surface area contributed by atoms with Crippen LogP contribution in [-0.4, -0.2) is 70.5 Å². The number of hydrogen-bond acceptors (Lipinski definition) is 5. The maximum Gasteiger partial charge on any atom is 0.191 e. The molecule has 0 radical (unpaired) electrons. The third-order valence-electron chi connectivity index (χ3n) is 4.91. The van der Waals surface area contributed by atoms with Gasteiger partial charge in [0.2, 0.25) is 0 Å². The number of methoxy groups -OCH3 is 1. The molecule has 1 saturated heterocycles. The predicted molar refractivity (Wildman–Crippen MR) is 128 cm³/mol. The smallest absolute Gasteiger partial charge is 0.191 e. The second kappa shape index (κ2) is 16.9. The van der Waals surface area contributed by atoms with Crippen molar-refractivity contribution in [2.75, 3.05) is 59.7 Å². The number of nitrogens with one attached hydrogen (secondary N) is 2. The highest BCUT2D eigenvalue weighted by molar-refractivity contribution is 14.0. The van der Waals surface area contributed by atoms with E-state index in [0.29, 0.717) is 19.8 Å². The molecule has 0 spiro atoms. The minimum absolute atomic E-state index is 0. The molecule has 0 amide bonds. The average molecular weight is 522 g/mol. The summed E-state index contributed by atoms with van der Waals surface area (Å²) < 4.78 is 16.2. The highest BCUT2D eigenvalue weighted by Crippen LogP contribution is 2.25. The van der Waals surface area contributed by atoms with Crippen LogP contribution in [0.3, 0.4) is 0 Å². The molecule has 0 saturated carbocycles. The summed E-state index contributed by atoms with van der Waals surface area (Å²) in [5, 5.41) is 6.78. The van der Waals surface area contributed by atoms with E-state index in [0.717, 1.165) is 57.3 Å². The molecule has 1 aliphatic rings. The van der Waals surface area contributed by atoms with Gasteiger partial charge in [-0.1, -0.05) is 6.42 Å². The van der Waals surface area contributed by atoms with Crippen LogP contribution in [0.25, 0.3) is 0 Å².